The topological polar surface area (TPSA) is 64.4 Å². The van der Waals surface area contributed by atoms with Crippen LogP contribution in [0, 0.1) is 0 Å². The molecule has 2 aromatic rings. The summed E-state index contributed by atoms with van der Waals surface area (Å²) >= 11 is 0. The predicted molar refractivity (Wildman–Crippen MR) is 86.6 cm³/mol. The summed E-state index contributed by atoms with van der Waals surface area (Å²) < 4.78 is 48.9. The van der Waals surface area contributed by atoms with E-state index in [2.05, 4.69) is 10.5 Å². The van der Waals surface area contributed by atoms with Crippen molar-refractivity contribution in [1.82, 2.24) is 10.5 Å². The molecule has 5 nitrogen and oxygen atoms in total. The molecule has 1 saturated heterocycles. The molecule has 1 aromatic heterocycles. The van der Waals surface area contributed by atoms with Gasteiger partial charge in [-0.3, -0.25) is 4.79 Å². The number of hydrogen-bond donors (Lipinski definition) is 1. The SMILES string of the molecule is C[C@@H](NC(=O)c1cc(C2CCOCC2)no1)c1cccc(C(F)(F)F)c1. The first kappa shape index (κ1) is 18.4. The molecule has 1 amide bonds. The van der Waals surface area contributed by atoms with E-state index < -0.39 is 23.7 Å². The van der Waals surface area contributed by atoms with Gasteiger partial charge in [-0.1, -0.05) is 17.3 Å². The Balaban J connectivity index is 1.67. The summed E-state index contributed by atoms with van der Waals surface area (Å²) in [5, 5.41) is 6.59. The second-order valence-electron chi connectivity index (χ2n) is 6.32. The summed E-state index contributed by atoms with van der Waals surface area (Å²) in [5.74, 6) is -0.277. The molecule has 0 saturated carbocycles. The standard InChI is InChI=1S/C18H19F3N2O3/c1-11(13-3-2-4-14(9-13)18(19,20)21)22-17(24)16-10-15(23-26-16)12-5-7-25-8-6-12/h2-4,9-12H,5-8H2,1H3,(H,22,24)/t11-/m1/s1. The number of ether oxygens (including phenoxy) is 1. The minimum Gasteiger partial charge on any atom is -0.381 e. The van der Waals surface area contributed by atoms with Gasteiger partial charge in [0.1, 0.15) is 0 Å². The van der Waals surface area contributed by atoms with Crippen LogP contribution in [-0.4, -0.2) is 24.3 Å². The van der Waals surface area contributed by atoms with Gasteiger partial charge in [-0.05, 0) is 37.5 Å². The maximum absolute atomic E-state index is 12.8. The number of hydrogen-bond acceptors (Lipinski definition) is 4. The van der Waals surface area contributed by atoms with E-state index in [9.17, 15) is 18.0 Å². The summed E-state index contributed by atoms with van der Waals surface area (Å²) in [6.07, 6.45) is -2.80. The smallest absolute Gasteiger partial charge is 0.381 e. The third-order valence-corrected chi connectivity index (χ3v) is 4.45. The average Bonchev–Trinajstić information content (AvgIpc) is 3.12. The Labute approximate surface area is 148 Å². The van der Waals surface area contributed by atoms with Gasteiger partial charge < -0.3 is 14.6 Å². The minimum absolute atomic E-state index is 0.0466. The Morgan fingerprint density at radius 3 is 2.69 bits per heavy atom. The number of nitrogens with one attached hydrogen (secondary N) is 1. The van der Waals surface area contributed by atoms with Gasteiger partial charge in [-0.2, -0.15) is 13.2 Å². The minimum atomic E-state index is -4.43. The highest BCUT2D eigenvalue weighted by Crippen LogP contribution is 2.31. The number of carbonyl (C=O) groups is 1. The van der Waals surface area contributed by atoms with Gasteiger partial charge in [0.05, 0.1) is 17.3 Å². The third-order valence-electron chi connectivity index (χ3n) is 4.45. The molecular weight excluding hydrogens is 349 g/mol. The van der Waals surface area contributed by atoms with E-state index in [4.69, 9.17) is 9.26 Å². The van der Waals surface area contributed by atoms with Crippen LogP contribution < -0.4 is 5.32 Å². The first-order valence-electron chi connectivity index (χ1n) is 8.37. The molecular formula is C18H19F3N2O3. The van der Waals surface area contributed by atoms with E-state index in [-0.39, 0.29) is 11.7 Å². The van der Waals surface area contributed by atoms with Gasteiger partial charge in [0.2, 0.25) is 5.76 Å². The van der Waals surface area contributed by atoms with Crippen LogP contribution in [0.3, 0.4) is 0 Å². The van der Waals surface area contributed by atoms with E-state index in [1.54, 1.807) is 13.0 Å². The molecule has 2 heterocycles. The molecule has 0 unspecified atom stereocenters. The summed E-state index contributed by atoms with van der Waals surface area (Å²) in [4.78, 5) is 12.3. The van der Waals surface area contributed by atoms with Crippen molar-refractivity contribution in [1.29, 1.82) is 0 Å². The van der Waals surface area contributed by atoms with Crippen LogP contribution in [0.2, 0.25) is 0 Å². The molecule has 0 bridgehead atoms. The van der Waals surface area contributed by atoms with E-state index in [1.807, 2.05) is 0 Å². The fraction of sp³-hybridized carbons (Fsp3) is 0.444. The lowest BCUT2D eigenvalue weighted by Gasteiger charge is -2.19. The summed E-state index contributed by atoms with van der Waals surface area (Å²) in [7, 11) is 0. The molecule has 1 N–H and O–H groups in total. The average molecular weight is 368 g/mol. The molecule has 140 valence electrons. The number of aromatic nitrogens is 1. The molecule has 0 aliphatic carbocycles. The highest BCUT2D eigenvalue weighted by atomic mass is 19.4. The predicted octanol–water partition coefficient (Wildman–Crippen LogP) is 4.08. The Morgan fingerprint density at radius 1 is 1.27 bits per heavy atom. The molecule has 1 atom stereocenters. The number of halogens is 3. The second kappa shape index (κ2) is 7.49. The lowest BCUT2D eigenvalue weighted by atomic mass is 9.96. The van der Waals surface area contributed by atoms with Gasteiger partial charge in [0, 0.05) is 25.2 Å². The normalized spacial score (nSPS) is 17.1. The molecule has 0 spiro atoms. The number of alkyl halides is 3. The molecule has 26 heavy (non-hydrogen) atoms. The summed E-state index contributed by atoms with van der Waals surface area (Å²) in [6, 6.07) is 5.85. The maximum Gasteiger partial charge on any atom is 0.416 e. The van der Waals surface area contributed by atoms with Crippen molar-refractivity contribution in [3.63, 3.8) is 0 Å². The fourth-order valence-corrected chi connectivity index (χ4v) is 2.92. The van der Waals surface area contributed by atoms with Crippen molar-refractivity contribution in [2.24, 2.45) is 0 Å². The molecule has 8 heteroatoms. The lowest BCUT2D eigenvalue weighted by molar-refractivity contribution is -0.137. The first-order chi connectivity index (χ1) is 12.3. The zero-order chi connectivity index (χ0) is 18.7. The van der Waals surface area contributed by atoms with Crippen LogP contribution in [0.5, 0.6) is 0 Å². The van der Waals surface area contributed by atoms with Gasteiger partial charge in [-0.25, -0.2) is 0 Å². The van der Waals surface area contributed by atoms with Gasteiger partial charge >= 0.3 is 6.18 Å². The second-order valence-corrected chi connectivity index (χ2v) is 6.32. The van der Waals surface area contributed by atoms with Gasteiger partial charge in [-0.15, -0.1) is 0 Å². The molecule has 1 fully saturated rings. The van der Waals surface area contributed by atoms with Crippen LogP contribution >= 0.6 is 0 Å². The molecule has 1 aromatic carbocycles. The van der Waals surface area contributed by atoms with Crippen molar-refractivity contribution >= 4 is 5.91 Å². The zero-order valence-electron chi connectivity index (χ0n) is 14.2. The quantitative estimate of drug-likeness (QED) is 0.883. The number of rotatable bonds is 4. The van der Waals surface area contributed by atoms with Crippen LogP contribution in [0.4, 0.5) is 13.2 Å². The van der Waals surface area contributed by atoms with Crippen LogP contribution in [0.15, 0.2) is 34.9 Å². The Hall–Kier alpha value is -2.35. The van der Waals surface area contributed by atoms with Crippen LogP contribution in [0.1, 0.15) is 59.1 Å². The monoisotopic (exact) mass is 368 g/mol. The van der Waals surface area contributed by atoms with E-state index in [0.717, 1.165) is 25.0 Å². The largest absolute Gasteiger partial charge is 0.416 e. The Bertz CT molecular complexity index is 767. The van der Waals surface area contributed by atoms with E-state index in [0.29, 0.717) is 24.5 Å². The van der Waals surface area contributed by atoms with Crippen LogP contribution in [-0.2, 0) is 10.9 Å². The maximum atomic E-state index is 12.8. The number of carbonyl (C=O) groups excluding carboxylic acids is 1. The molecule has 1 aliphatic heterocycles. The van der Waals surface area contributed by atoms with Gasteiger partial charge in [0.15, 0.2) is 0 Å². The summed E-state index contributed by atoms with van der Waals surface area (Å²) in [5.41, 5.74) is 0.306. The Morgan fingerprint density at radius 2 is 2.00 bits per heavy atom. The summed E-state index contributed by atoms with van der Waals surface area (Å²) in [6.45, 7) is 2.90. The van der Waals surface area contributed by atoms with E-state index in [1.165, 1.54) is 12.1 Å². The fourth-order valence-electron chi connectivity index (χ4n) is 2.92. The lowest BCUT2D eigenvalue weighted by Crippen LogP contribution is -2.26. The van der Waals surface area contributed by atoms with Crippen molar-refractivity contribution in [2.45, 2.75) is 37.9 Å². The number of amides is 1. The van der Waals surface area contributed by atoms with Crippen molar-refractivity contribution < 1.29 is 27.2 Å². The highest BCUT2D eigenvalue weighted by Gasteiger charge is 2.31. The van der Waals surface area contributed by atoms with Crippen molar-refractivity contribution in [3.8, 4) is 0 Å². The molecule has 1 aliphatic rings. The molecule has 3 rings (SSSR count). The van der Waals surface area contributed by atoms with E-state index >= 15 is 0 Å². The highest BCUT2D eigenvalue weighted by molar-refractivity contribution is 5.91. The van der Waals surface area contributed by atoms with Crippen molar-refractivity contribution in [3.05, 3.63) is 52.9 Å². The zero-order valence-corrected chi connectivity index (χ0v) is 14.2. The van der Waals surface area contributed by atoms with Crippen molar-refractivity contribution in [2.75, 3.05) is 13.2 Å². The number of benzene rings is 1. The third kappa shape index (κ3) is 4.24. The molecule has 0 radical (unpaired) electrons. The Kier molecular flexibility index (Phi) is 5.31. The first-order valence-corrected chi connectivity index (χ1v) is 8.37. The van der Waals surface area contributed by atoms with Gasteiger partial charge in [0.25, 0.3) is 5.91 Å². The van der Waals surface area contributed by atoms with Crippen LogP contribution in [0.25, 0.3) is 0 Å². The number of nitrogens with zero attached hydrogens (tertiary/aromatic N) is 1.